The maximum absolute atomic E-state index is 4.50. The van der Waals surface area contributed by atoms with Crippen LogP contribution in [0.4, 0.5) is 5.82 Å². The topological polar surface area (TPSA) is 41.1 Å². The van der Waals surface area contributed by atoms with Crippen molar-refractivity contribution < 1.29 is 0 Å². The van der Waals surface area contributed by atoms with Crippen LogP contribution in [0.3, 0.4) is 0 Å². The number of anilines is 1. The Hall–Kier alpha value is -1.16. The van der Waals surface area contributed by atoms with Crippen LogP contribution in [0.2, 0.25) is 0 Å². The van der Waals surface area contributed by atoms with E-state index in [1.807, 2.05) is 19.4 Å². The first-order chi connectivity index (χ1) is 8.33. The summed E-state index contributed by atoms with van der Waals surface area (Å²) in [4.78, 5) is 11.3. The molecule has 0 aliphatic heterocycles. The van der Waals surface area contributed by atoms with Gasteiger partial charge in [-0.05, 0) is 32.7 Å². The van der Waals surface area contributed by atoms with Gasteiger partial charge >= 0.3 is 0 Å². The van der Waals surface area contributed by atoms with Crippen LogP contribution in [0.5, 0.6) is 0 Å². The highest BCUT2D eigenvalue weighted by Crippen LogP contribution is 2.28. The maximum Gasteiger partial charge on any atom is 0.147 e. The molecule has 0 aromatic carbocycles. The molecule has 1 aromatic rings. The molecule has 0 spiro atoms. The first-order valence-electron chi connectivity index (χ1n) is 6.54. The van der Waals surface area contributed by atoms with Crippen LogP contribution < -0.4 is 10.2 Å². The molecule has 94 valence electrons. The first kappa shape index (κ1) is 12.3. The highest BCUT2D eigenvalue weighted by molar-refractivity contribution is 5.35. The van der Waals surface area contributed by atoms with Crippen LogP contribution in [0.1, 0.15) is 31.9 Å². The van der Waals surface area contributed by atoms with E-state index in [4.69, 9.17) is 0 Å². The third kappa shape index (κ3) is 3.16. The van der Waals surface area contributed by atoms with E-state index in [1.54, 1.807) is 0 Å². The maximum atomic E-state index is 4.50. The first-order valence-corrected chi connectivity index (χ1v) is 6.54. The van der Waals surface area contributed by atoms with Gasteiger partial charge in [0.1, 0.15) is 5.82 Å². The minimum absolute atomic E-state index is 0.780. The van der Waals surface area contributed by atoms with E-state index in [1.165, 1.54) is 19.3 Å². The quantitative estimate of drug-likeness (QED) is 0.815. The molecule has 1 N–H and O–H groups in total. The zero-order valence-electron chi connectivity index (χ0n) is 10.8. The van der Waals surface area contributed by atoms with Gasteiger partial charge in [-0.2, -0.15) is 0 Å². The predicted molar refractivity (Wildman–Crippen MR) is 70.0 cm³/mol. The smallest absolute Gasteiger partial charge is 0.147 e. The summed E-state index contributed by atoms with van der Waals surface area (Å²) in [6.45, 7) is 5.11. The van der Waals surface area contributed by atoms with Crippen LogP contribution in [-0.4, -0.2) is 30.1 Å². The van der Waals surface area contributed by atoms with Crippen molar-refractivity contribution in [3.05, 3.63) is 18.1 Å². The molecule has 2 rings (SSSR count). The fourth-order valence-corrected chi connectivity index (χ4v) is 2.16. The van der Waals surface area contributed by atoms with Crippen LogP contribution in [0.25, 0.3) is 0 Å². The van der Waals surface area contributed by atoms with Crippen molar-refractivity contribution in [2.24, 2.45) is 5.92 Å². The Balaban J connectivity index is 1.97. The SMILES string of the molecule is CCN(CC1CCC1)c1cnc(CNC)cn1. The van der Waals surface area contributed by atoms with E-state index in [0.717, 1.165) is 37.1 Å². The van der Waals surface area contributed by atoms with Crippen LogP contribution >= 0.6 is 0 Å². The minimum Gasteiger partial charge on any atom is -0.355 e. The molecule has 17 heavy (non-hydrogen) atoms. The molecule has 0 radical (unpaired) electrons. The molecule has 0 atom stereocenters. The van der Waals surface area contributed by atoms with Crippen molar-refractivity contribution in [1.82, 2.24) is 15.3 Å². The highest BCUT2D eigenvalue weighted by atomic mass is 15.2. The van der Waals surface area contributed by atoms with E-state index in [9.17, 15) is 0 Å². The Kier molecular flexibility index (Phi) is 4.31. The van der Waals surface area contributed by atoms with E-state index in [2.05, 4.69) is 27.1 Å². The largest absolute Gasteiger partial charge is 0.355 e. The molecule has 0 bridgehead atoms. The van der Waals surface area contributed by atoms with E-state index < -0.39 is 0 Å². The number of hydrogen-bond donors (Lipinski definition) is 1. The third-order valence-corrected chi connectivity index (χ3v) is 3.46. The lowest BCUT2D eigenvalue weighted by atomic mass is 9.85. The standard InChI is InChI=1S/C13H22N4/c1-3-17(10-11-5-4-6-11)13-9-15-12(7-14-2)8-16-13/h8-9,11,14H,3-7,10H2,1-2H3. The summed E-state index contributed by atoms with van der Waals surface area (Å²) in [6, 6.07) is 0. The molecular formula is C13H22N4. The van der Waals surface area contributed by atoms with E-state index in [0.29, 0.717) is 0 Å². The van der Waals surface area contributed by atoms with Gasteiger partial charge < -0.3 is 10.2 Å². The summed E-state index contributed by atoms with van der Waals surface area (Å²) in [7, 11) is 1.92. The Bertz CT molecular complexity index is 332. The van der Waals surface area contributed by atoms with Gasteiger partial charge in [-0.15, -0.1) is 0 Å². The molecule has 1 aliphatic rings. The average Bonchev–Trinajstić information content (AvgIpc) is 2.30. The number of hydrogen-bond acceptors (Lipinski definition) is 4. The second-order valence-electron chi connectivity index (χ2n) is 4.73. The van der Waals surface area contributed by atoms with Crippen LogP contribution in [-0.2, 0) is 6.54 Å². The Morgan fingerprint density at radius 1 is 1.35 bits per heavy atom. The fraction of sp³-hybridized carbons (Fsp3) is 0.692. The van der Waals surface area contributed by atoms with Crippen molar-refractivity contribution in [1.29, 1.82) is 0 Å². The van der Waals surface area contributed by atoms with Crippen molar-refractivity contribution in [3.63, 3.8) is 0 Å². The summed E-state index contributed by atoms with van der Waals surface area (Å²) in [6.07, 6.45) is 7.92. The fourth-order valence-electron chi connectivity index (χ4n) is 2.16. The van der Waals surface area contributed by atoms with Gasteiger partial charge in [-0.3, -0.25) is 4.98 Å². The molecule has 1 saturated carbocycles. The van der Waals surface area contributed by atoms with Crippen LogP contribution in [0, 0.1) is 5.92 Å². The molecule has 1 heterocycles. The summed E-state index contributed by atoms with van der Waals surface area (Å²) in [5, 5.41) is 3.08. The lowest BCUT2D eigenvalue weighted by Crippen LogP contribution is -2.33. The molecule has 0 amide bonds. The second-order valence-corrected chi connectivity index (χ2v) is 4.73. The molecule has 1 aromatic heterocycles. The van der Waals surface area contributed by atoms with Crippen molar-refractivity contribution >= 4 is 5.82 Å². The van der Waals surface area contributed by atoms with E-state index >= 15 is 0 Å². The van der Waals surface area contributed by atoms with Gasteiger partial charge in [-0.1, -0.05) is 6.42 Å². The van der Waals surface area contributed by atoms with Gasteiger partial charge in [-0.25, -0.2) is 4.98 Å². The number of aromatic nitrogens is 2. The van der Waals surface area contributed by atoms with Crippen molar-refractivity contribution in [2.45, 2.75) is 32.7 Å². The summed E-state index contributed by atoms with van der Waals surface area (Å²) >= 11 is 0. The zero-order valence-corrected chi connectivity index (χ0v) is 10.8. The lowest BCUT2D eigenvalue weighted by Gasteiger charge is -2.32. The summed E-state index contributed by atoms with van der Waals surface area (Å²) in [5.41, 5.74) is 0.996. The lowest BCUT2D eigenvalue weighted by molar-refractivity contribution is 0.318. The molecule has 0 saturated heterocycles. The second kappa shape index (κ2) is 5.96. The normalized spacial score (nSPS) is 15.6. The minimum atomic E-state index is 0.780. The summed E-state index contributed by atoms with van der Waals surface area (Å²) in [5.74, 6) is 1.88. The molecule has 1 aliphatic carbocycles. The monoisotopic (exact) mass is 234 g/mol. The molecule has 1 fully saturated rings. The Morgan fingerprint density at radius 2 is 2.18 bits per heavy atom. The van der Waals surface area contributed by atoms with Gasteiger partial charge in [0.25, 0.3) is 0 Å². The van der Waals surface area contributed by atoms with Crippen molar-refractivity contribution in [2.75, 3.05) is 25.0 Å². The van der Waals surface area contributed by atoms with Gasteiger partial charge in [0.2, 0.25) is 0 Å². The molecule has 4 heteroatoms. The van der Waals surface area contributed by atoms with Gasteiger partial charge in [0.15, 0.2) is 0 Å². The molecule has 4 nitrogen and oxygen atoms in total. The number of rotatable bonds is 6. The Labute approximate surface area is 103 Å². The van der Waals surface area contributed by atoms with Crippen molar-refractivity contribution in [3.8, 4) is 0 Å². The zero-order chi connectivity index (χ0) is 12.1. The third-order valence-electron chi connectivity index (χ3n) is 3.46. The van der Waals surface area contributed by atoms with Gasteiger partial charge in [0, 0.05) is 19.6 Å². The van der Waals surface area contributed by atoms with Crippen LogP contribution in [0.15, 0.2) is 12.4 Å². The predicted octanol–water partition coefficient (Wildman–Crippen LogP) is 1.82. The summed E-state index contributed by atoms with van der Waals surface area (Å²) < 4.78 is 0. The van der Waals surface area contributed by atoms with Gasteiger partial charge in [0.05, 0.1) is 18.1 Å². The Morgan fingerprint density at radius 3 is 2.65 bits per heavy atom. The molecular weight excluding hydrogens is 212 g/mol. The number of nitrogens with zero attached hydrogens (tertiary/aromatic N) is 3. The molecule has 0 unspecified atom stereocenters. The average molecular weight is 234 g/mol. The van der Waals surface area contributed by atoms with E-state index in [-0.39, 0.29) is 0 Å². The highest BCUT2D eigenvalue weighted by Gasteiger charge is 2.20. The number of nitrogens with one attached hydrogen (secondary N) is 1.